The lowest BCUT2D eigenvalue weighted by Gasteiger charge is -2.07. The summed E-state index contributed by atoms with van der Waals surface area (Å²) in [6, 6.07) is 23.3. The number of thioether (sulfide) groups is 1. The smallest absolute Gasteiger partial charge is 0.234 e. The van der Waals surface area contributed by atoms with E-state index in [1.807, 2.05) is 72.8 Å². The summed E-state index contributed by atoms with van der Waals surface area (Å²) in [4.78, 5) is 20.2. The minimum atomic E-state index is -0.0271. The largest absolute Gasteiger partial charge is 0.338 e. The fraction of sp³-hybridized carbons (Fsp3) is 0.0909. The third-order valence-electron chi connectivity index (χ3n) is 4.22. The Morgan fingerprint density at radius 3 is 2.68 bits per heavy atom. The molecule has 1 amide bonds. The molecule has 4 nitrogen and oxygen atoms in total. The van der Waals surface area contributed by atoms with Crippen molar-refractivity contribution in [1.82, 2.24) is 9.97 Å². The first kappa shape index (κ1) is 18.6. The number of H-pyrrole nitrogens is 1. The van der Waals surface area contributed by atoms with Crippen molar-refractivity contribution >= 4 is 46.0 Å². The molecule has 0 spiro atoms. The highest BCUT2D eigenvalue weighted by atomic mass is 35.5. The number of amides is 1. The van der Waals surface area contributed by atoms with E-state index in [1.165, 1.54) is 0 Å². The van der Waals surface area contributed by atoms with Crippen molar-refractivity contribution in [2.45, 2.75) is 5.75 Å². The maximum absolute atomic E-state index is 12.3. The number of anilines is 1. The molecule has 28 heavy (non-hydrogen) atoms. The number of hydrogen-bond donors (Lipinski definition) is 2. The lowest BCUT2D eigenvalue weighted by atomic mass is 10.2. The molecule has 0 radical (unpaired) electrons. The van der Waals surface area contributed by atoms with Crippen LogP contribution in [0.15, 0.2) is 72.8 Å². The Bertz CT molecular complexity index is 1080. The summed E-state index contributed by atoms with van der Waals surface area (Å²) in [7, 11) is 0. The maximum atomic E-state index is 12.3. The number of rotatable bonds is 6. The molecule has 0 fully saturated rings. The van der Waals surface area contributed by atoms with Crippen LogP contribution >= 0.6 is 23.4 Å². The molecule has 0 atom stereocenters. The van der Waals surface area contributed by atoms with Gasteiger partial charge < -0.3 is 10.3 Å². The Kier molecular flexibility index (Phi) is 5.65. The molecule has 3 aromatic carbocycles. The molecule has 0 aliphatic heterocycles. The van der Waals surface area contributed by atoms with E-state index >= 15 is 0 Å². The Hall–Kier alpha value is -2.76. The second-order valence-electron chi connectivity index (χ2n) is 6.35. The first-order chi connectivity index (χ1) is 13.7. The Labute approximate surface area is 172 Å². The van der Waals surface area contributed by atoms with Gasteiger partial charge in [0.25, 0.3) is 0 Å². The van der Waals surface area contributed by atoms with Gasteiger partial charge in [-0.25, -0.2) is 4.98 Å². The van der Waals surface area contributed by atoms with Crippen LogP contribution in [0.5, 0.6) is 0 Å². The van der Waals surface area contributed by atoms with Crippen molar-refractivity contribution in [3.05, 3.63) is 83.4 Å². The lowest BCUT2D eigenvalue weighted by Crippen LogP contribution is -2.14. The van der Waals surface area contributed by atoms with Gasteiger partial charge in [0, 0.05) is 22.0 Å². The van der Waals surface area contributed by atoms with Crippen LogP contribution in [0.4, 0.5) is 5.69 Å². The van der Waals surface area contributed by atoms with Gasteiger partial charge in [0.15, 0.2) is 0 Å². The van der Waals surface area contributed by atoms with Crippen molar-refractivity contribution in [3.8, 4) is 11.4 Å². The van der Waals surface area contributed by atoms with E-state index < -0.39 is 0 Å². The average molecular weight is 408 g/mol. The first-order valence-electron chi connectivity index (χ1n) is 8.84. The second-order valence-corrected chi connectivity index (χ2v) is 7.77. The number of nitrogens with one attached hydrogen (secondary N) is 2. The van der Waals surface area contributed by atoms with Crippen molar-refractivity contribution in [3.63, 3.8) is 0 Å². The molecule has 0 aliphatic carbocycles. The lowest BCUT2D eigenvalue weighted by molar-refractivity contribution is -0.113. The molecule has 1 heterocycles. The highest BCUT2D eigenvalue weighted by Crippen LogP contribution is 2.23. The quantitative estimate of drug-likeness (QED) is 0.427. The van der Waals surface area contributed by atoms with Gasteiger partial charge in [-0.15, -0.1) is 11.8 Å². The molecule has 1 aromatic heterocycles. The van der Waals surface area contributed by atoms with Crippen LogP contribution in [0.2, 0.25) is 5.02 Å². The van der Waals surface area contributed by atoms with Crippen LogP contribution < -0.4 is 5.32 Å². The van der Waals surface area contributed by atoms with Gasteiger partial charge in [-0.05, 0) is 42.0 Å². The number of para-hydroxylation sites is 2. The topological polar surface area (TPSA) is 57.8 Å². The average Bonchev–Trinajstić information content (AvgIpc) is 3.14. The number of benzene rings is 3. The normalized spacial score (nSPS) is 10.9. The van der Waals surface area contributed by atoms with E-state index in [0.717, 1.165) is 44.4 Å². The van der Waals surface area contributed by atoms with Gasteiger partial charge in [0.1, 0.15) is 5.82 Å². The monoisotopic (exact) mass is 407 g/mol. The third kappa shape index (κ3) is 4.55. The highest BCUT2D eigenvalue weighted by Gasteiger charge is 2.08. The van der Waals surface area contributed by atoms with Gasteiger partial charge in [-0.2, -0.15) is 0 Å². The van der Waals surface area contributed by atoms with E-state index in [1.54, 1.807) is 11.8 Å². The molecular formula is C22H18ClN3OS. The Morgan fingerprint density at radius 2 is 1.86 bits per heavy atom. The first-order valence-corrected chi connectivity index (χ1v) is 10.4. The Morgan fingerprint density at radius 1 is 1.04 bits per heavy atom. The molecule has 6 heteroatoms. The van der Waals surface area contributed by atoms with E-state index in [4.69, 9.17) is 11.6 Å². The number of imidazole rings is 1. The van der Waals surface area contributed by atoms with E-state index in [9.17, 15) is 4.79 Å². The van der Waals surface area contributed by atoms with Crippen LogP contribution in [0.25, 0.3) is 22.4 Å². The highest BCUT2D eigenvalue weighted by molar-refractivity contribution is 7.99. The molecule has 4 aromatic rings. The van der Waals surface area contributed by atoms with E-state index in [0.29, 0.717) is 5.75 Å². The molecule has 0 saturated carbocycles. The maximum Gasteiger partial charge on any atom is 0.234 e. The zero-order valence-electron chi connectivity index (χ0n) is 15.0. The number of fused-ring (bicyclic) bond motifs is 1. The Balaban J connectivity index is 1.37. The number of carbonyl (C=O) groups is 1. The molecule has 0 aliphatic rings. The van der Waals surface area contributed by atoms with Gasteiger partial charge in [-0.3, -0.25) is 4.79 Å². The van der Waals surface area contributed by atoms with E-state index in [2.05, 4.69) is 15.3 Å². The number of hydrogen-bond acceptors (Lipinski definition) is 3. The van der Waals surface area contributed by atoms with Gasteiger partial charge in [0.05, 0.1) is 16.8 Å². The summed E-state index contributed by atoms with van der Waals surface area (Å²) in [5.41, 5.74) is 4.75. The fourth-order valence-corrected chi connectivity index (χ4v) is 3.79. The summed E-state index contributed by atoms with van der Waals surface area (Å²) in [6.07, 6.45) is 0. The van der Waals surface area contributed by atoms with Crippen molar-refractivity contribution in [1.29, 1.82) is 0 Å². The number of carbonyl (C=O) groups excluding carboxylic acids is 1. The number of aromatic nitrogens is 2. The van der Waals surface area contributed by atoms with Crippen molar-refractivity contribution in [2.24, 2.45) is 0 Å². The van der Waals surface area contributed by atoms with Crippen LogP contribution in [-0.2, 0) is 10.5 Å². The van der Waals surface area contributed by atoms with Crippen molar-refractivity contribution < 1.29 is 4.79 Å². The van der Waals surface area contributed by atoms with Crippen LogP contribution in [0.3, 0.4) is 0 Å². The van der Waals surface area contributed by atoms with Crippen LogP contribution in [0, 0.1) is 0 Å². The molecule has 0 saturated heterocycles. The summed E-state index contributed by atoms with van der Waals surface area (Å²) in [5.74, 6) is 1.91. The van der Waals surface area contributed by atoms with Gasteiger partial charge in [-0.1, -0.05) is 48.0 Å². The predicted octanol–water partition coefficient (Wildman–Crippen LogP) is 5.76. The molecule has 2 N–H and O–H groups in total. The minimum absolute atomic E-state index is 0.0271. The molecular weight excluding hydrogens is 390 g/mol. The SMILES string of the molecule is O=C(CSCc1ccc(Cl)cc1)Nc1cccc(-c2nc3ccccc3[nH]2)c1. The van der Waals surface area contributed by atoms with Gasteiger partial charge in [0.2, 0.25) is 5.91 Å². The summed E-state index contributed by atoms with van der Waals surface area (Å²) < 4.78 is 0. The zero-order chi connectivity index (χ0) is 19.3. The molecule has 0 unspecified atom stereocenters. The summed E-state index contributed by atoms with van der Waals surface area (Å²) in [6.45, 7) is 0. The molecule has 140 valence electrons. The van der Waals surface area contributed by atoms with Crippen LogP contribution in [0.1, 0.15) is 5.56 Å². The number of halogens is 1. The second kappa shape index (κ2) is 8.50. The van der Waals surface area contributed by atoms with Gasteiger partial charge >= 0.3 is 0 Å². The van der Waals surface area contributed by atoms with Crippen molar-refractivity contribution in [2.75, 3.05) is 11.1 Å². The standard InChI is InChI=1S/C22H18ClN3OS/c23-17-10-8-15(9-11-17)13-28-14-21(27)24-18-5-3-4-16(12-18)22-25-19-6-1-2-7-20(19)26-22/h1-12H,13-14H2,(H,24,27)(H,25,26). The van der Waals surface area contributed by atoms with Crippen LogP contribution in [-0.4, -0.2) is 21.6 Å². The fourth-order valence-electron chi connectivity index (χ4n) is 2.87. The summed E-state index contributed by atoms with van der Waals surface area (Å²) in [5, 5.41) is 3.68. The number of aromatic amines is 1. The number of nitrogens with zero attached hydrogens (tertiary/aromatic N) is 1. The zero-order valence-corrected chi connectivity index (χ0v) is 16.6. The molecule has 0 bridgehead atoms. The summed E-state index contributed by atoms with van der Waals surface area (Å²) >= 11 is 7.46. The predicted molar refractivity (Wildman–Crippen MR) is 118 cm³/mol. The third-order valence-corrected chi connectivity index (χ3v) is 5.48. The minimum Gasteiger partial charge on any atom is -0.338 e. The van der Waals surface area contributed by atoms with E-state index in [-0.39, 0.29) is 5.91 Å². The molecule has 4 rings (SSSR count).